The molecule has 0 aromatic carbocycles. The van der Waals surface area contributed by atoms with Gasteiger partial charge in [-0.05, 0) is 25.4 Å². The summed E-state index contributed by atoms with van der Waals surface area (Å²) in [5.41, 5.74) is 1.06. The fourth-order valence-corrected chi connectivity index (χ4v) is 2.17. The van der Waals surface area contributed by atoms with Gasteiger partial charge in [-0.2, -0.15) is 0 Å². The van der Waals surface area contributed by atoms with Crippen molar-refractivity contribution in [1.82, 2.24) is 20.1 Å². The average molecular weight is 306 g/mol. The molecule has 0 spiro atoms. The third-order valence-corrected chi connectivity index (χ3v) is 3.28. The molecule has 2 amide bonds. The number of alkyl carbamates (subject to hydrolysis) is 1. The second-order valence-corrected chi connectivity index (χ2v) is 4.65. The summed E-state index contributed by atoms with van der Waals surface area (Å²) in [5, 5.41) is 9.62. The van der Waals surface area contributed by atoms with Gasteiger partial charge in [0.2, 0.25) is 0 Å². The number of hydrogen-bond acceptors (Lipinski definition) is 8. The van der Waals surface area contributed by atoms with Gasteiger partial charge in [0.1, 0.15) is 10.4 Å². The molecule has 0 aliphatic carbocycles. The number of carbonyl (C=O) groups excluding carboxylic acids is 2. The van der Waals surface area contributed by atoms with E-state index in [9.17, 15) is 9.59 Å². The van der Waals surface area contributed by atoms with E-state index in [2.05, 4.69) is 25.4 Å². The molecule has 108 valence electrons. The van der Waals surface area contributed by atoms with Gasteiger partial charge in [-0.3, -0.25) is 10.1 Å². The molecule has 2 heterocycles. The van der Waals surface area contributed by atoms with Gasteiger partial charge >= 0.3 is 6.09 Å². The molecule has 9 heteroatoms. The minimum atomic E-state index is -0.941. The van der Waals surface area contributed by atoms with Crippen molar-refractivity contribution in [2.24, 2.45) is 0 Å². The largest absolute Gasteiger partial charge is 0.436 e. The van der Waals surface area contributed by atoms with Crippen LogP contribution < -0.4 is 5.32 Å². The Morgan fingerprint density at radius 1 is 1.43 bits per heavy atom. The molecular weight excluding hydrogens is 296 g/mol. The van der Waals surface area contributed by atoms with Crippen LogP contribution in [0.25, 0.3) is 10.6 Å². The SMILES string of the molecule is C#CCOC(=O)NC(=O)c1c(C)noc1-c1snnc1C. The zero-order valence-electron chi connectivity index (χ0n) is 11.2. The predicted molar refractivity (Wildman–Crippen MR) is 72.5 cm³/mol. The van der Waals surface area contributed by atoms with Crippen molar-refractivity contribution >= 4 is 23.5 Å². The number of aryl methyl sites for hydroxylation is 2. The Hall–Kier alpha value is -2.73. The molecule has 0 saturated heterocycles. The van der Waals surface area contributed by atoms with Crippen LogP contribution >= 0.6 is 11.5 Å². The minimum absolute atomic E-state index is 0.127. The quantitative estimate of drug-likeness (QED) is 0.852. The van der Waals surface area contributed by atoms with Crippen LogP contribution in [-0.2, 0) is 4.74 Å². The van der Waals surface area contributed by atoms with Crippen molar-refractivity contribution in [3.63, 3.8) is 0 Å². The van der Waals surface area contributed by atoms with Crippen LogP contribution in [0.15, 0.2) is 4.52 Å². The van der Waals surface area contributed by atoms with Crippen LogP contribution in [0.1, 0.15) is 21.7 Å². The number of hydrogen-bond donors (Lipinski definition) is 1. The molecule has 21 heavy (non-hydrogen) atoms. The molecular formula is C12H10N4O4S. The Kier molecular flexibility index (Phi) is 4.30. The van der Waals surface area contributed by atoms with Crippen LogP contribution in [0.5, 0.6) is 0 Å². The van der Waals surface area contributed by atoms with E-state index in [0.29, 0.717) is 16.3 Å². The van der Waals surface area contributed by atoms with Crippen molar-refractivity contribution in [3.8, 4) is 23.0 Å². The molecule has 0 fully saturated rings. The van der Waals surface area contributed by atoms with Gasteiger partial charge in [-0.25, -0.2) is 4.79 Å². The first-order valence-electron chi connectivity index (χ1n) is 5.71. The normalized spacial score (nSPS) is 9.95. The van der Waals surface area contributed by atoms with E-state index < -0.39 is 12.0 Å². The summed E-state index contributed by atoms with van der Waals surface area (Å²) in [6.07, 6.45) is 4.01. The zero-order chi connectivity index (χ0) is 15.4. The smallest absolute Gasteiger partial charge is 0.415 e. The number of terminal acetylenes is 1. The molecule has 2 aromatic heterocycles. The topological polar surface area (TPSA) is 107 Å². The summed E-state index contributed by atoms with van der Waals surface area (Å²) in [6, 6.07) is 0. The highest BCUT2D eigenvalue weighted by atomic mass is 32.1. The van der Waals surface area contributed by atoms with Crippen molar-refractivity contribution in [2.75, 3.05) is 6.61 Å². The number of nitrogens with zero attached hydrogens (tertiary/aromatic N) is 3. The number of aromatic nitrogens is 3. The molecule has 0 unspecified atom stereocenters. The maximum Gasteiger partial charge on any atom is 0.415 e. The molecule has 0 atom stereocenters. The van der Waals surface area contributed by atoms with E-state index in [1.54, 1.807) is 13.8 Å². The van der Waals surface area contributed by atoms with Crippen LogP contribution in [0.2, 0.25) is 0 Å². The first kappa shape index (κ1) is 14.7. The van der Waals surface area contributed by atoms with Gasteiger partial charge in [0, 0.05) is 0 Å². The van der Waals surface area contributed by atoms with Gasteiger partial charge in [0.15, 0.2) is 12.4 Å². The summed E-state index contributed by atoms with van der Waals surface area (Å²) < 4.78 is 13.5. The maximum absolute atomic E-state index is 12.1. The summed E-state index contributed by atoms with van der Waals surface area (Å²) in [6.45, 7) is 3.07. The standard InChI is InChI=1S/C12H10N4O4S/c1-4-5-19-12(18)13-11(17)8-6(2)15-20-9(8)10-7(3)14-16-21-10/h1H,5H2,2-3H3,(H,13,17,18). The van der Waals surface area contributed by atoms with Gasteiger partial charge < -0.3 is 9.26 Å². The second kappa shape index (κ2) is 6.15. The lowest BCUT2D eigenvalue weighted by Crippen LogP contribution is -2.31. The van der Waals surface area contributed by atoms with E-state index in [1.165, 1.54) is 0 Å². The molecule has 0 saturated carbocycles. The summed E-state index contributed by atoms with van der Waals surface area (Å²) in [5.74, 6) is 1.63. The highest BCUT2D eigenvalue weighted by Gasteiger charge is 2.26. The van der Waals surface area contributed by atoms with E-state index in [0.717, 1.165) is 11.5 Å². The monoisotopic (exact) mass is 306 g/mol. The Labute approximate surface area is 123 Å². The van der Waals surface area contributed by atoms with Gasteiger partial charge in [0.25, 0.3) is 5.91 Å². The minimum Gasteiger partial charge on any atom is -0.436 e. The lowest BCUT2D eigenvalue weighted by molar-refractivity contribution is 0.0930. The van der Waals surface area contributed by atoms with E-state index in [4.69, 9.17) is 10.9 Å². The first-order chi connectivity index (χ1) is 10.0. The fraction of sp³-hybridized carbons (Fsp3) is 0.250. The molecule has 0 bridgehead atoms. The molecule has 0 aliphatic rings. The molecule has 1 N–H and O–H groups in total. The Bertz CT molecular complexity index is 728. The summed E-state index contributed by atoms with van der Waals surface area (Å²) in [4.78, 5) is 24.1. The van der Waals surface area contributed by atoms with Crippen LogP contribution in [-0.4, -0.2) is 33.4 Å². The molecule has 0 aliphatic heterocycles. The molecule has 2 aromatic rings. The number of rotatable bonds is 3. The van der Waals surface area contributed by atoms with Crippen LogP contribution in [0, 0.1) is 26.2 Å². The highest BCUT2D eigenvalue weighted by molar-refractivity contribution is 7.09. The predicted octanol–water partition coefficient (Wildman–Crippen LogP) is 1.31. The van der Waals surface area contributed by atoms with Gasteiger partial charge in [0.05, 0.1) is 11.4 Å². The Balaban J connectivity index is 2.26. The third kappa shape index (κ3) is 3.06. The van der Waals surface area contributed by atoms with Gasteiger partial charge in [-0.1, -0.05) is 15.6 Å². The molecule has 2 rings (SSSR count). The molecule has 0 radical (unpaired) electrons. The third-order valence-electron chi connectivity index (χ3n) is 2.45. The van der Waals surface area contributed by atoms with Crippen molar-refractivity contribution in [1.29, 1.82) is 0 Å². The van der Waals surface area contributed by atoms with Crippen molar-refractivity contribution in [2.45, 2.75) is 13.8 Å². The average Bonchev–Trinajstić information content (AvgIpc) is 3.02. The lowest BCUT2D eigenvalue weighted by Gasteiger charge is -2.03. The maximum atomic E-state index is 12.1. The summed E-state index contributed by atoms with van der Waals surface area (Å²) in [7, 11) is 0. The highest BCUT2D eigenvalue weighted by Crippen LogP contribution is 2.30. The Morgan fingerprint density at radius 3 is 2.81 bits per heavy atom. The Morgan fingerprint density at radius 2 is 2.19 bits per heavy atom. The van der Waals surface area contributed by atoms with E-state index in [-0.39, 0.29) is 17.9 Å². The number of imide groups is 1. The van der Waals surface area contributed by atoms with E-state index in [1.807, 2.05) is 5.32 Å². The van der Waals surface area contributed by atoms with Crippen LogP contribution in [0.3, 0.4) is 0 Å². The first-order valence-corrected chi connectivity index (χ1v) is 6.49. The van der Waals surface area contributed by atoms with Crippen molar-refractivity contribution < 1.29 is 18.8 Å². The molecule has 8 nitrogen and oxygen atoms in total. The zero-order valence-corrected chi connectivity index (χ0v) is 12.0. The number of nitrogens with one attached hydrogen (secondary N) is 1. The number of ether oxygens (including phenoxy) is 1. The van der Waals surface area contributed by atoms with E-state index >= 15 is 0 Å². The van der Waals surface area contributed by atoms with Gasteiger partial charge in [-0.15, -0.1) is 11.5 Å². The van der Waals surface area contributed by atoms with Crippen LogP contribution in [0.4, 0.5) is 4.79 Å². The second-order valence-electron chi connectivity index (χ2n) is 3.89. The lowest BCUT2D eigenvalue weighted by atomic mass is 10.1. The number of amides is 2. The fourth-order valence-electron chi connectivity index (χ4n) is 1.53. The van der Waals surface area contributed by atoms with Crippen molar-refractivity contribution in [3.05, 3.63) is 17.0 Å². The number of carbonyl (C=O) groups is 2. The summed E-state index contributed by atoms with van der Waals surface area (Å²) >= 11 is 1.06.